The Morgan fingerprint density at radius 3 is 2.52 bits per heavy atom. The number of likely N-dealkylation sites (N-methyl/N-ethyl adjacent to an activating group) is 1. The molecule has 0 saturated heterocycles. The molecule has 1 aliphatic rings. The minimum absolute atomic E-state index is 0.536. The number of hydrogen-bond donors (Lipinski definition) is 0. The molecule has 4 rings (SSSR count). The van der Waals surface area contributed by atoms with E-state index in [4.69, 9.17) is 4.99 Å². The van der Waals surface area contributed by atoms with Gasteiger partial charge in [0.2, 0.25) is 0 Å². The van der Waals surface area contributed by atoms with E-state index in [9.17, 15) is 0 Å². The molecule has 0 radical (unpaired) electrons. The number of para-hydroxylation sites is 1. The molecule has 0 amide bonds. The van der Waals surface area contributed by atoms with Gasteiger partial charge in [-0.05, 0) is 20.2 Å². The van der Waals surface area contributed by atoms with Crippen molar-refractivity contribution in [2.75, 3.05) is 20.6 Å². The van der Waals surface area contributed by atoms with Crippen LogP contribution in [-0.4, -0.2) is 46.0 Å². The molecule has 1 aromatic heterocycles. The summed E-state index contributed by atoms with van der Waals surface area (Å²) >= 11 is 0. The van der Waals surface area contributed by atoms with E-state index in [0.29, 0.717) is 6.54 Å². The van der Waals surface area contributed by atoms with Gasteiger partial charge in [-0.15, -0.1) is 10.2 Å². The van der Waals surface area contributed by atoms with Gasteiger partial charge in [-0.3, -0.25) is 9.56 Å². The molecule has 0 unspecified atom stereocenters. The van der Waals surface area contributed by atoms with Crippen LogP contribution in [0.25, 0.3) is 5.69 Å². The zero-order chi connectivity index (χ0) is 17.2. The number of hydrogen-bond acceptors (Lipinski definition) is 4. The monoisotopic (exact) mass is 331 g/mol. The van der Waals surface area contributed by atoms with Crippen molar-refractivity contribution in [3.63, 3.8) is 0 Å². The lowest BCUT2D eigenvalue weighted by atomic mass is 10.0. The summed E-state index contributed by atoms with van der Waals surface area (Å²) in [6.07, 6.45) is 0.856. The molecule has 2 heterocycles. The Morgan fingerprint density at radius 2 is 1.72 bits per heavy atom. The lowest BCUT2D eigenvalue weighted by Gasteiger charge is -2.14. The van der Waals surface area contributed by atoms with Gasteiger partial charge in [0.15, 0.2) is 5.82 Å². The van der Waals surface area contributed by atoms with Gasteiger partial charge in [-0.25, -0.2) is 0 Å². The first kappa shape index (κ1) is 15.7. The van der Waals surface area contributed by atoms with Crippen LogP contribution < -0.4 is 0 Å². The average molecular weight is 331 g/mol. The molecule has 0 fully saturated rings. The largest absolute Gasteiger partial charge is 0.309 e. The Kier molecular flexibility index (Phi) is 4.15. The summed E-state index contributed by atoms with van der Waals surface area (Å²) in [5.74, 6) is 1.88. The highest BCUT2D eigenvalue weighted by atomic mass is 15.3. The zero-order valence-electron chi connectivity index (χ0n) is 14.6. The van der Waals surface area contributed by atoms with E-state index in [1.54, 1.807) is 0 Å². The molecular weight excluding hydrogens is 310 g/mol. The van der Waals surface area contributed by atoms with E-state index in [1.807, 2.05) is 18.2 Å². The van der Waals surface area contributed by atoms with Crippen LogP contribution in [0.3, 0.4) is 0 Å². The lowest BCUT2D eigenvalue weighted by molar-refractivity contribution is 0.408. The summed E-state index contributed by atoms with van der Waals surface area (Å²) in [6, 6.07) is 18.7. The Morgan fingerprint density at radius 1 is 0.960 bits per heavy atom. The van der Waals surface area contributed by atoms with E-state index in [-0.39, 0.29) is 0 Å². The van der Waals surface area contributed by atoms with E-state index in [1.165, 1.54) is 0 Å². The molecule has 0 bridgehead atoms. The molecule has 0 spiro atoms. The zero-order valence-corrected chi connectivity index (χ0v) is 14.6. The normalized spacial score (nSPS) is 13.2. The van der Waals surface area contributed by atoms with Crippen LogP contribution in [0.15, 0.2) is 59.6 Å². The fourth-order valence-electron chi connectivity index (χ4n) is 3.17. The van der Waals surface area contributed by atoms with Gasteiger partial charge in [0.05, 0.1) is 11.4 Å². The first-order chi connectivity index (χ1) is 12.2. The maximum absolute atomic E-state index is 4.87. The molecule has 5 nitrogen and oxygen atoms in total. The average Bonchev–Trinajstić information content (AvgIpc) is 2.96. The molecule has 0 N–H and O–H groups in total. The fraction of sp³-hybridized carbons (Fsp3) is 0.250. The Labute approximate surface area is 147 Å². The van der Waals surface area contributed by atoms with Crippen molar-refractivity contribution in [2.24, 2.45) is 4.99 Å². The van der Waals surface area contributed by atoms with Gasteiger partial charge in [0, 0.05) is 24.1 Å². The van der Waals surface area contributed by atoms with E-state index < -0.39 is 0 Å². The van der Waals surface area contributed by atoms with Gasteiger partial charge in [0.1, 0.15) is 12.4 Å². The second kappa shape index (κ2) is 6.61. The Bertz CT molecular complexity index is 909. The number of nitrogens with zero attached hydrogens (tertiary/aromatic N) is 5. The minimum Gasteiger partial charge on any atom is -0.309 e. The third kappa shape index (κ3) is 2.98. The van der Waals surface area contributed by atoms with Gasteiger partial charge in [-0.2, -0.15) is 0 Å². The van der Waals surface area contributed by atoms with Crippen LogP contribution in [0.5, 0.6) is 0 Å². The van der Waals surface area contributed by atoms with Crippen LogP contribution in [0.1, 0.15) is 22.8 Å². The van der Waals surface area contributed by atoms with Crippen LogP contribution >= 0.6 is 0 Å². The first-order valence-corrected chi connectivity index (χ1v) is 8.51. The van der Waals surface area contributed by atoms with E-state index in [2.05, 4.69) is 70.2 Å². The first-order valence-electron chi connectivity index (χ1n) is 8.51. The summed E-state index contributed by atoms with van der Waals surface area (Å²) in [4.78, 5) is 7.03. The molecule has 3 aromatic rings. The molecule has 25 heavy (non-hydrogen) atoms. The highest BCUT2D eigenvalue weighted by Crippen LogP contribution is 2.25. The van der Waals surface area contributed by atoms with Crippen molar-refractivity contribution in [3.05, 3.63) is 77.4 Å². The number of aromatic nitrogens is 3. The maximum Gasteiger partial charge on any atom is 0.159 e. The predicted octanol–water partition coefficient (Wildman–Crippen LogP) is 2.72. The summed E-state index contributed by atoms with van der Waals surface area (Å²) < 4.78 is 2.18. The summed E-state index contributed by atoms with van der Waals surface area (Å²) in [5, 5.41) is 8.83. The second-order valence-corrected chi connectivity index (χ2v) is 6.47. The van der Waals surface area contributed by atoms with E-state index in [0.717, 1.165) is 47.1 Å². The van der Waals surface area contributed by atoms with Crippen LogP contribution in [0.4, 0.5) is 0 Å². The van der Waals surface area contributed by atoms with Crippen molar-refractivity contribution < 1.29 is 0 Å². The van der Waals surface area contributed by atoms with Crippen molar-refractivity contribution in [3.8, 4) is 5.69 Å². The number of rotatable bonds is 4. The molecule has 0 atom stereocenters. The summed E-state index contributed by atoms with van der Waals surface area (Å²) in [5.41, 5.74) is 4.37. The molecule has 0 saturated carbocycles. The third-order valence-corrected chi connectivity index (χ3v) is 4.41. The predicted molar refractivity (Wildman–Crippen MR) is 99.4 cm³/mol. The van der Waals surface area contributed by atoms with Crippen molar-refractivity contribution >= 4 is 5.71 Å². The second-order valence-electron chi connectivity index (χ2n) is 6.47. The van der Waals surface area contributed by atoms with Crippen LogP contribution in [0, 0.1) is 0 Å². The fourth-order valence-corrected chi connectivity index (χ4v) is 3.17. The molecule has 0 aliphatic carbocycles. The van der Waals surface area contributed by atoms with E-state index >= 15 is 0 Å². The highest BCUT2D eigenvalue weighted by molar-refractivity contribution is 6.15. The SMILES string of the molecule is CN(C)CCc1nnc2n1-c1ccccc1C(c1ccccc1)=NC2. The van der Waals surface area contributed by atoms with Gasteiger partial charge in [0.25, 0.3) is 0 Å². The van der Waals surface area contributed by atoms with Gasteiger partial charge >= 0.3 is 0 Å². The summed E-state index contributed by atoms with van der Waals surface area (Å²) in [7, 11) is 4.15. The Balaban J connectivity index is 1.84. The molecule has 126 valence electrons. The standard InChI is InChI=1S/C20H21N5/c1-24(2)13-12-18-22-23-19-14-21-20(15-8-4-3-5-9-15)16-10-6-7-11-17(16)25(18)19/h3-11H,12-14H2,1-2H3. The molecule has 5 heteroatoms. The number of benzene rings is 2. The summed E-state index contributed by atoms with van der Waals surface area (Å²) in [6.45, 7) is 1.47. The van der Waals surface area contributed by atoms with Crippen molar-refractivity contribution in [1.29, 1.82) is 0 Å². The van der Waals surface area contributed by atoms with Crippen molar-refractivity contribution in [1.82, 2.24) is 19.7 Å². The van der Waals surface area contributed by atoms with Gasteiger partial charge in [-0.1, -0.05) is 48.5 Å². The quantitative estimate of drug-likeness (QED) is 0.738. The highest BCUT2D eigenvalue weighted by Gasteiger charge is 2.22. The molecule has 2 aromatic carbocycles. The molecule has 1 aliphatic heterocycles. The smallest absolute Gasteiger partial charge is 0.159 e. The van der Waals surface area contributed by atoms with Crippen LogP contribution in [0.2, 0.25) is 0 Å². The third-order valence-electron chi connectivity index (χ3n) is 4.41. The topological polar surface area (TPSA) is 46.3 Å². The lowest BCUT2D eigenvalue weighted by Crippen LogP contribution is -2.18. The number of aliphatic imine (C=N–C) groups is 1. The number of fused-ring (bicyclic) bond motifs is 3. The minimum atomic E-state index is 0.536. The Hall–Kier alpha value is -2.79. The molecular formula is C20H21N5. The van der Waals surface area contributed by atoms with Crippen molar-refractivity contribution in [2.45, 2.75) is 13.0 Å². The van der Waals surface area contributed by atoms with Gasteiger partial charge < -0.3 is 4.90 Å². The van der Waals surface area contributed by atoms with Crippen LogP contribution in [-0.2, 0) is 13.0 Å². The maximum atomic E-state index is 4.87.